The number of hydrogen-bond donors (Lipinski definition) is 0. The van der Waals surface area contributed by atoms with E-state index in [1.165, 1.54) is 22.1 Å². The molecule has 28 heavy (non-hydrogen) atoms. The first-order valence-electron chi connectivity index (χ1n) is 8.93. The van der Waals surface area contributed by atoms with Crippen LogP contribution in [0.15, 0.2) is 66.9 Å². The third kappa shape index (κ3) is 2.20. The summed E-state index contributed by atoms with van der Waals surface area (Å²) < 4.78 is 3.85. The van der Waals surface area contributed by atoms with Crippen LogP contribution in [0.25, 0.3) is 43.5 Å². The lowest BCUT2D eigenvalue weighted by Gasteiger charge is -2.01. The second kappa shape index (κ2) is 5.71. The van der Waals surface area contributed by atoms with Gasteiger partial charge < -0.3 is 0 Å². The standard InChI is InChI=1S/C21H14N6S/c1-13-18(26-11-5-4-8-17(26)22-13)19-23-24-21-27(19)25-20(28-21)16-10-9-14-6-2-3-7-15(14)12-16/h2-12H,1H3. The molecule has 6 rings (SSSR count). The monoisotopic (exact) mass is 382 g/mol. The Morgan fingerprint density at radius 2 is 1.75 bits per heavy atom. The zero-order chi connectivity index (χ0) is 18.7. The molecule has 4 aromatic heterocycles. The first-order chi connectivity index (χ1) is 13.8. The van der Waals surface area contributed by atoms with Gasteiger partial charge in [0.25, 0.3) is 0 Å². The summed E-state index contributed by atoms with van der Waals surface area (Å²) in [5.74, 6) is 0.703. The fourth-order valence-corrected chi connectivity index (χ4v) is 4.42. The van der Waals surface area contributed by atoms with E-state index in [2.05, 4.69) is 57.6 Å². The van der Waals surface area contributed by atoms with Crippen LogP contribution < -0.4 is 0 Å². The molecule has 0 N–H and O–H groups in total. The molecule has 6 aromatic rings. The molecule has 0 bridgehead atoms. The van der Waals surface area contributed by atoms with Crippen LogP contribution in [0.1, 0.15) is 5.69 Å². The molecule has 0 spiro atoms. The minimum atomic E-state index is 0.703. The second-order valence-electron chi connectivity index (χ2n) is 6.66. The number of fused-ring (bicyclic) bond motifs is 3. The number of rotatable bonds is 2. The molecule has 0 saturated carbocycles. The number of pyridine rings is 1. The molecular weight excluding hydrogens is 368 g/mol. The van der Waals surface area contributed by atoms with Crippen LogP contribution in [-0.2, 0) is 0 Å². The molecule has 0 radical (unpaired) electrons. The third-order valence-electron chi connectivity index (χ3n) is 4.90. The number of hydrogen-bond acceptors (Lipinski definition) is 5. The van der Waals surface area contributed by atoms with Gasteiger partial charge in [0.15, 0.2) is 0 Å². The maximum absolute atomic E-state index is 4.82. The lowest BCUT2D eigenvalue weighted by atomic mass is 10.1. The highest BCUT2D eigenvalue weighted by molar-refractivity contribution is 7.19. The normalized spacial score (nSPS) is 11.8. The highest BCUT2D eigenvalue weighted by Gasteiger charge is 2.20. The molecule has 0 aliphatic heterocycles. The first-order valence-corrected chi connectivity index (χ1v) is 9.75. The highest BCUT2D eigenvalue weighted by atomic mass is 32.1. The smallest absolute Gasteiger partial charge is 0.235 e. The van der Waals surface area contributed by atoms with Gasteiger partial charge in [-0.15, -0.1) is 10.2 Å². The fraction of sp³-hybridized carbons (Fsp3) is 0.0476. The van der Waals surface area contributed by atoms with Crippen LogP contribution in [-0.4, -0.2) is 29.2 Å². The Bertz CT molecular complexity index is 1490. The van der Waals surface area contributed by atoms with Gasteiger partial charge in [0.05, 0.1) is 5.69 Å². The van der Waals surface area contributed by atoms with E-state index in [1.54, 1.807) is 0 Å². The summed E-state index contributed by atoms with van der Waals surface area (Å²) in [6.07, 6.45) is 1.99. The minimum Gasteiger partial charge on any atom is -0.297 e. The number of imidazole rings is 1. The molecule has 0 unspecified atom stereocenters. The number of aryl methyl sites for hydroxylation is 1. The van der Waals surface area contributed by atoms with E-state index in [0.29, 0.717) is 5.82 Å². The van der Waals surface area contributed by atoms with Crippen LogP contribution >= 0.6 is 11.3 Å². The van der Waals surface area contributed by atoms with Crippen molar-refractivity contribution in [2.45, 2.75) is 6.92 Å². The molecule has 4 heterocycles. The Balaban J connectivity index is 1.54. The van der Waals surface area contributed by atoms with Gasteiger partial charge in [-0.1, -0.05) is 53.8 Å². The molecule has 0 atom stereocenters. The van der Waals surface area contributed by atoms with Gasteiger partial charge in [0.1, 0.15) is 16.3 Å². The predicted octanol–water partition coefficient (Wildman–Crippen LogP) is 4.63. The highest BCUT2D eigenvalue weighted by Crippen LogP contribution is 2.31. The van der Waals surface area contributed by atoms with Crippen molar-refractivity contribution in [1.82, 2.24) is 29.2 Å². The third-order valence-corrected chi connectivity index (χ3v) is 5.85. The summed E-state index contributed by atoms with van der Waals surface area (Å²) in [5.41, 5.74) is 3.78. The fourth-order valence-electron chi connectivity index (χ4n) is 3.59. The van der Waals surface area contributed by atoms with Gasteiger partial charge in [0.2, 0.25) is 10.8 Å². The van der Waals surface area contributed by atoms with Crippen molar-refractivity contribution < 1.29 is 0 Å². The lowest BCUT2D eigenvalue weighted by molar-refractivity contribution is 0.954. The zero-order valence-electron chi connectivity index (χ0n) is 14.9. The topological polar surface area (TPSA) is 60.4 Å². The summed E-state index contributed by atoms with van der Waals surface area (Å²) in [5, 5.41) is 16.9. The van der Waals surface area contributed by atoms with Gasteiger partial charge in [-0.2, -0.15) is 9.61 Å². The predicted molar refractivity (Wildman–Crippen MR) is 111 cm³/mol. The van der Waals surface area contributed by atoms with Gasteiger partial charge in [0, 0.05) is 11.8 Å². The van der Waals surface area contributed by atoms with Crippen molar-refractivity contribution in [1.29, 1.82) is 0 Å². The van der Waals surface area contributed by atoms with Crippen LogP contribution in [0.3, 0.4) is 0 Å². The Kier molecular flexibility index (Phi) is 3.15. The van der Waals surface area contributed by atoms with Crippen LogP contribution in [0.2, 0.25) is 0 Å². The van der Waals surface area contributed by atoms with E-state index in [9.17, 15) is 0 Å². The molecule has 2 aromatic carbocycles. The molecule has 0 aliphatic carbocycles. The van der Waals surface area contributed by atoms with Crippen molar-refractivity contribution >= 4 is 32.7 Å². The number of aromatic nitrogens is 6. The Morgan fingerprint density at radius 3 is 2.68 bits per heavy atom. The van der Waals surface area contributed by atoms with E-state index in [1.807, 2.05) is 40.2 Å². The Hall–Kier alpha value is -3.58. The maximum atomic E-state index is 4.82. The summed E-state index contributed by atoms with van der Waals surface area (Å²) in [6, 6.07) is 20.7. The SMILES string of the molecule is Cc1nc2ccccn2c1-c1nnc2sc(-c3ccc4ccccc4c3)nn12. The summed E-state index contributed by atoms with van der Waals surface area (Å²) in [6.45, 7) is 1.99. The molecule has 0 aliphatic rings. The quantitative estimate of drug-likeness (QED) is 0.438. The molecule has 0 saturated heterocycles. The molecule has 134 valence electrons. The summed E-state index contributed by atoms with van der Waals surface area (Å²) in [7, 11) is 0. The minimum absolute atomic E-state index is 0.703. The average molecular weight is 382 g/mol. The van der Waals surface area contributed by atoms with Gasteiger partial charge in [-0.3, -0.25) is 4.40 Å². The van der Waals surface area contributed by atoms with Crippen molar-refractivity contribution in [2.24, 2.45) is 0 Å². The second-order valence-corrected chi connectivity index (χ2v) is 7.62. The van der Waals surface area contributed by atoms with Crippen LogP contribution in [0.5, 0.6) is 0 Å². The zero-order valence-corrected chi connectivity index (χ0v) is 15.8. The Morgan fingerprint density at radius 1 is 0.893 bits per heavy atom. The molecule has 6 nitrogen and oxygen atoms in total. The van der Waals surface area contributed by atoms with Crippen LogP contribution in [0, 0.1) is 6.92 Å². The average Bonchev–Trinajstić information content (AvgIpc) is 3.39. The first kappa shape index (κ1) is 15.5. The van der Waals surface area contributed by atoms with E-state index < -0.39 is 0 Å². The largest absolute Gasteiger partial charge is 0.297 e. The molecule has 0 amide bonds. The maximum Gasteiger partial charge on any atom is 0.235 e. The van der Waals surface area contributed by atoms with Crippen molar-refractivity contribution in [3.05, 3.63) is 72.6 Å². The molecular formula is C21H14N6S. The summed E-state index contributed by atoms with van der Waals surface area (Å²) >= 11 is 1.54. The Labute approximate surface area is 163 Å². The summed E-state index contributed by atoms with van der Waals surface area (Å²) in [4.78, 5) is 5.40. The van der Waals surface area contributed by atoms with E-state index in [-0.39, 0.29) is 0 Å². The van der Waals surface area contributed by atoms with Gasteiger partial charge >= 0.3 is 0 Å². The molecule has 0 fully saturated rings. The number of nitrogens with zero attached hydrogens (tertiary/aromatic N) is 6. The van der Waals surface area contributed by atoms with Crippen molar-refractivity contribution in [3.63, 3.8) is 0 Å². The van der Waals surface area contributed by atoms with Crippen molar-refractivity contribution in [2.75, 3.05) is 0 Å². The van der Waals surface area contributed by atoms with E-state index in [4.69, 9.17) is 5.10 Å². The van der Waals surface area contributed by atoms with E-state index >= 15 is 0 Å². The molecule has 7 heteroatoms. The van der Waals surface area contributed by atoms with Gasteiger partial charge in [-0.05, 0) is 35.9 Å². The van der Waals surface area contributed by atoms with Crippen molar-refractivity contribution in [3.8, 4) is 22.1 Å². The van der Waals surface area contributed by atoms with Gasteiger partial charge in [-0.25, -0.2) is 4.98 Å². The van der Waals surface area contributed by atoms with Crippen LogP contribution in [0.4, 0.5) is 0 Å². The number of benzene rings is 2. The lowest BCUT2D eigenvalue weighted by Crippen LogP contribution is -1.96. The van der Waals surface area contributed by atoms with E-state index in [0.717, 1.165) is 32.6 Å².